The van der Waals surface area contributed by atoms with Gasteiger partial charge in [0.05, 0.1) is 5.69 Å². The average molecular weight is 337 g/mol. The van der Waals surface area contributed by atoms with E-state index in [1.165, 1.54) is 16.9 Å². The number of thiophene rings is 1. The second-order valence-electron chi connectivity index (χ2n) is 6.37. The number of nitrogen functional groups attached to an aromatic ring is 1. The van der Waals surface area contributed by atoms with Crippen molar-refractivity contribution in [2.24, 2.45) is 0 Å². The zero-order chi connectivity index (χ0) is 16.8. The molecule has 2 heterocycles. The van der Waals surface area contributed by atoms with Crippen molar-refractivity contribution in [3.63, 3.8) is 0 Å². The number of carbonyl (C=O) groups is 1. The van der Waals surface area contributed by atoms with Crippen molar-refractivity contribution in [3.8, 4) is 0 Å². The number of amides is 1. The van der Waals surface area contributed by atoms with E-state index in [-0.39, 0.29) is 5.91 Å². The van der Waals surface area contributed by atoms with Crippen LogP contribution in [-0.2, 0) is 12.8 Å². The molecule has 0 atom stereocenters. The summed E-state index contributed by atoms with van der Waals surface area (Å²) in [6.07, 6.45) is 3.23. The predicted octanol–water partition coefficient (Wildman–Crippen LogP) is 4.24. The van der Waals surface area contributed by atoms with Crippen LogP contribution >= 0.6 is 11.3 Å². The Morgan fingerprint density at radius 1 is 1.25 bits per heavy atom. The van der Waals surface area contributed by atoms with Crippen LogP contribution in [0, 0.1) is 13.8 Å². The molecular formula is C19H19N3OS. The highest BCUT2D eigenvalue weighted by atomic mass is 32.1. The molecule has 0 saturated heterocycles. The van der Waals surface area contributed by atoms with Gasteiger partial charge in [0.1, 0.15) is 9.71 Å². The summed E-state index contributed by atoms with van der Waals surface area (Å²) in [4.78, 5) is 18.9. The highest BCUT2D eigenvalue weighted by molar-refractivity contribution is 7.21. The molecule has 0 aliphatic heterocycles. The summed E-state index contributed by atoms with van der Waals surface area (Å²) in [6.45, 7) is 3.98. The largest absolute Gasteiger partial charge is 0.397 e. The molecule has 4 rings (SSSR count). The highest BCUT2D eigenvalue weighted by Gasteiger charge is 2.21. The molecule has 2 aromatic heterocycles. The van der Waals surface area contributed by atoms with Crippen molar-refractivity contribution in [1.29, 1.82) is 0 Å². The summed E-state index contributed by atoms with van der Waals surface area (Å²) in [5, 5.41) is 3.93. The molecule has 4 nitrogen and oxygen atoms in total. The first kappa shape index (κ1) is 15.1. The number of hydrogen-bond acceptors (Lipinski definition) is 4. The molecule has 0 spiro atoms. The van der Waals surface area contributed by atoms with Crippen molar-refractivity contribution in [1.82, 2.24) is 4.98 Å². The average Bonchev–Trinajstić information content (AvgIpc) is 3.13. The molecule has 0 unspecified atom stereocenters. The van der Waals surface area contributed by atoms with Crippen LogP contribution in [0.1, 0.15) is 38.5 Å². The maximum Gasteiger partial charge on any atom is 0.267 e. The van der Waals surface area contributed by atoms with E-state index in [0.717, 1.165) is 52.0 Å². The van der Waals surface area contributed by atoms with Gasteiger partial charge in [-0.1, -0.05) is 18.2 Å². The number of aromatic nitrogens is 1. The topological polar surface area (TPSA) is 68.0 Å². The summed E-state index contributed by atoms with van der Waals surface area (Å²) in [5.41, 5.74) is 12.2. The van der Waals surface area contributed by atoms with Crippen molar-refractivity contribution in [2.45, 2.75) is 33.1 Å². The van der Waals surface area contributed by atoms with Crippen LogP contribution < -0.4 is 11.1 Å². The van der Waals surface area contributed by atoms with E-state index in [1.54, 1.807) is 0 Å². The van der Waals surface area contributed by atoms with Gasteiger partial charge in [0, 0.05) is 16.8 Å². The number of para-hydroxylation sites is 1. The third-order valence-corrected chi connectivity index (χ3v) is 5.79. The van der Waals surface area contributed by atoms with Gasteiger partial charge in [-0.05, 0) is 55.9 Å². The summed E-state index contributed by atoms with van der Waals surface area (Å²) in [7, 11) is 0. The fourth-order valence-electron chi connectivity index (χ4n) is 3.35. The SMILES string of the molecule is Cc1cccc(C)c1NC(=O)c1sc2nc3c(cc2c1N)CCC3. The van der Waals surface area contributed by atoms with E-state index in [0.29, 0.717) is 10.6 Å². The Bertz CT molecular complexity index is 954. The summed E-state index contributed by atoms with van der Waals surface area (Å²) < 4.78 is 0. The third kappa shape index (κ3) is 2.36. The number of pyridine rings is 1. The normalized spacial score (nSPS) is 13.2. The number of hydrogen-bond donors (Lipinski definition) is 2. The minimum atomic E-state index is -0.159. The molecule has 1 aromatic carbocycles. The molecule has 0 saturated carbocycles. The Labute approximate surface area is 144 Å². The number of aryl methyl sites for hydroxylation is 4. The Hall–Kier alpha value is -2.40. The van der Waals surface area contributed by atoms with Gasteiger partial charge in [-0.15, -0.1) is 11.3 Å². The van der Waals surface area contributed by atoms with E-state index >= 15 is 0 Å². The van der Waals surface area contributed by atoms with Gasteiger partial charge in [0.25, 0.3) is 5.91 Å². The van der Waals surface area contributed by atoms with Crippen LogP contribution in [0.4, 0.5) is 11.4 Å². The zero-order valence-corrected chi connectivity index (χ0v) is 14.6. The van der Waals surface area contributed by atoms with Gasteiger partial charge < -0.3 is 11.1 Å². The van der Waals surface area contributed by atoms with Gasteiger partial charge in [-0.25, -0.2) is 4.98 Å². The number of nitrogens with two attached hydrogens (primary N) is 1. The first-order chi connectivity index (χ1) is 11.5. The molecule has 1 aliphatic carbocycles. The lowest BCUT2D eigenvalue weighted by Crippen LogP contribution is -2.13. The Morgan fingerprint density at radius 3 is 2.75 bits per heavy atom. The first-order valence-corrected chi connectivity index (χ1v) is 8.94. The summed E-state index contributed by atoms with van der Waals surface area (Å²) in [6, 6.07) is 8.08. The Morgan fingerprint density at radius 2 is 2.00 bits per heavy atom. The predicted molar refractivity (Wildman–Crippen MR) is 99.9 cm³/mol. The van der Waals surface area contributed by atoms with Crippen LogP contribution in [0.25, 0.3) is 10.2 Å². The van der Waals surface area contributed by atoms with Crippen LogP contribution in [-0.4, -0.2) is 10.9 Å². The Balaban J connectivity index is 1.74. The highest BCUT2D eigenvalue weighted by Crippen LogP contribution is 2.36. The second kappa shape index (κ2) is 5.60. The van der Waals surface area contributed by atoms with Gasteiger partial charge >= 0.3 is 0 Å². The third-order valence-electron chi connectivity index (χ3n) is 4.68. The Kier molecular flexibility index (Phi) is 3.53. The van der Waals surface area contributed by atoms with Crippen molar-refractivity contribution in [3.05, 3.63) is 51.5 Å². The van der Waals surface area contributed by atoms with Crippen molar-refractivity contribution < 1.29 is 4.79 Å². The first-order valence-electron chi connectivity index (χ1n) is 8.13. The minimum absolute atomic E-state index is 0.159. The van der Waals surface area contributed by atoms with E-state index in [9.17, 15) is 4.79 Å². The van der Waals surface area contributed by atoms with Crippen molar-refractivity contribution in [2.75, 3.05) is 11.1 Å². The molecule has 0 radical (unpaired) electrons. The molecular weight excluding hydrogens is 318 g/mol. The van der Waals surface area contributed by atoms with E-state index < -0.39 is 0 Å². The van der Waals surface area contributed by atoms with Crippen LogP contribution in [0.15, 0.2) is 24.3 Å². The van der Waals surface area contributed by atoms with Crippen molar-refractivity contribution >= 4 is 38.8 Å². The monoisotopic (exact) mass is 337 g/mol. The summed E-state index contributed by atoms with van der Waals surface area (Å²) in [5.74, 6) is -0.159. The fraction of sp³-hybridized carbons (Fsp3) is 0.263. The van der Waals surface area contributed by atoms with E-state index in [1.807, 2.05) is 32.0 Å². The smallest absolute Gasteiger partial charge is 0.267 e. The van der Waals surface area contributed by atoms with E-state index in [4.69, 9.17) is 10.7 Å². The molecule has 1 aliphatic rings. The number of nitrogens with one attached hydrogen (secondary N) is 1. The molecule has 122 valence electrons. The molecule has 3 aromatic rings. The number of fused-ring (bicyclic) bond motifs is 2. The number of nitrogens with zero attached hydrogens (tertiary/aromatic N) is 1. The minimum Gasteiger partial charge on any atom is -0.397 e. The fourth-order valence-corrected chi connectivity index (χ4v) is 4.34. The van der Waals surface area contributed by atoms with Crippen LogP contribution in [0.2, 0.25) is 0 Å². The number of benzene rings is 1. The van der Waals surface area contributed by atoms with Crippen LogP contribution in [0.3, 0.4) is 0 Å². The lowest BCUT2D eigenvalue weighted by atomic mass is 10.1. The van der Waals surface area contributed by atoms with Gasteiger partial charge in [0.15, 0.2) is 0 Å². The standard InChI is InChI=1S/C19H19N3OS/c1-10-5-3-6-11(2)16(10)22-18(23)17-15(20)13-9-12-7-4-8-14(12)21-19(13)24-17/h3,5-6,9H,4,7-8,20H2,1-2H3,(H,22,23). The molecule has 3 N–H and O–H groups in total. The lowest BCUT2D eigenvalue weighted by molar-refractivity contribution is 0.103. The maximum absolute atomic E-state index is 12.8. The number of anilines is 2. The maximum atomic E-state index is 12.8. The zero-order valence-electron chi connectivity index (χ0n) is 13.8. The van der Waals surface area contributed by atoms with Crippen LogP contribution in [0.5, 0.6) is 0 Å². The molecule has 0 fully saturated rings. The molecule has 0 bridgehead atoms. The molecule has 5 heteroatoms. The second-order valence-corrected chi connectivity index (χ2v) is 7.37. The number of carbonyl (C=O) groups excluding carboxylic acids is 1. The summed E-state index contributed by atoms with van der Waals surface area (Å²) >= 11 is 1.38. The van der Waals surface area contributed by atoms with Gasteiger partial charge in [0.2, 0.25) is 0 Å². The molecule has 24 heavy (non-hydrogen) atoms. The number of rotatable bonds is 2. The van der Waals surface area contributed by atoms with Gasteiger partial charge in [-0.3, -0.25) is 4.79 Å². The lowest BCUT2D eigenvalue weighted by Gasteiger charge is -2.10. The molecule has 1 amide bonds. The van der Waals surface area contributed by atoms with E-state index in [2.05, 4.69) is 11.4 Å². The quantitative estimate of drug-likeness (QED) is 0.735. The van der Waals surface area contributed by atoms with Gasteiger partial charge in [-0.2, -0.15) is 0 Å².